The number of aryl methyl sites for hydroxylation is 1. The zero-order valence-electron chi connectivity index (χ0n) is 35.1. The number of nitrogens with zero attached hydrogens (tertiary/aromatic N) is 10. The molecule has 5 aromatic rings. The topological polar surface area (TPSA) is 169 Å². The van der Waals surface area contributed by atoms with E-state index in [1.165, 1.54) is 19.8 Å². The molecule has 2 N–H and O–H groups in total. The van der Waals surface area contributed by atoms with Crippen molar-refractivity contribution in [3.63, 3.8) is 0 Å². The average Bonchev–Trinajstić information content (AvgIpc) is 4.07. The Bertz CT molecular complexity index is 2700. The summed E-state index contributed by atoms with van der Waals surface area (Å²) in [6.45, 7) is 8.31. The van der Waals surface area contributed by atoms with Crippen LogP contribution in [0.3, 0.4) is 0 Å². The molecule has 10 rings (SSSR count). The van der Waals surface area contributed by atoms with E-state index in [-0.39, 0.29) is 47.1 Å². The first-order valence-electron chi connectivity index (χ1n) is 21.9. The van der Waals surface area contributed by atoms with Gasteiger partial charge in [0.2, 0.25) is 11.8 Å². The molecule has 4 aliphatic heterocycles. The van der Waals surface area contributed by atoms with Gasteiger partial charge >= 0.3 is 5.69 Å². The number of nitrogens with one attached hydrogen (secondary N) is 2. The van der Waals surface area contributed by atoms with E-state index in [4.69, 9.17) is 9.72 Å². The fraction of sp³-hybridized carbons (Fsp3) is 0.523. The van der Waals surface area contributed by atoms with Gasteiger partial charge in [0, 0.05) is 83.7 Å². The van der Waals surface area contributed by atoms with Crippen LogP contribution in [-0.4, -0.2) is 127 Å². The van der Waals surface area contributed by atoms with Gasteiger partial charge < -0.3 is 19.9 Å². The third-order valence-electron chi connectivity index (χ3n) is 13.7. The number of aromatic nitrogens is 7. The van der Waals surface area contributed by atoms with Gasteiger partial charge in [-0.2, -0.15) is 10.2 Å². The van der Waals surface area contributed by atoms with Crippen molar-refractivity contribution in [1.82, 2.24) is 48.6 Å². The van der Waals surface area contributed by atoms with Crippen LogP contribution in [0.2, 0.25) is 0 Å². The molecule has 1 atom stereocenters. The lowest BCUT2D eigenvalue weighted by molar-refractivity contribution is -0.135. The molecule has 0 bridgehead atoms. The highest BCUT2D eigenvalue weighted by atomic mass is 19.3. The normalized spacial score (nSPS) is 23.0. The summed E-state index contributed by atoms with van der Waals surface area (Å²) in [6, 6.07) is 6.59. The van der Waals surface area contributed by atoms with Crippen LogP contribution in [-0.2, 0) is 21.4 Å². The van der Waals surface area contributed by atoms with Gasteiger partial charge in [0.25, 0.3) is 12.3 Å². The molecule has 330 valence electrons. The highest BCUT2D eigenvalue weighted by Crippen LogP contribution is 2.40. The number of piperazine rings is 1. The number of hydrogen-bond donors (Lipinski definition) is 2. The lowest BCUT2D eigenvalue weighted by Crippen LogP contribution is -2.57. The fourth-order valence-electron chi connectivity index (χ4n) is 10.2. The molecule has 0 radical (unpaired) electrons. The molecule has 1 spiro atoms. The quantitative estimate of drug-likeness (QED) is 0.165. The first-order chi connectivity index (χ1) is 30.5. The van der Waals surface area contributed by atoms with Crippen LogP contribution < -0.4 is 21.2 Å². The number of halogens is 2. The number of piperidine rings is 1. The molecule has 17 nitrogen and oxygen atoms in total. The number of carbonyl (C=O) groups excluding carboxylic acids is 3. The molecule has 5 aliphatic rings. The number of para-hydroxylation sites is 1. The van der Waals surface area contributed by atoms with Gasteiger partial charge in [-0.3, -0.25) is 38.4 Å². The van der Waals surface area contributed by atoms with Gasteiger partial charge in [-0.05, 0) is 62.6 Å². The number of alkyl halides is 2. The monoisotopic (exact) mass is 864 g/mol. The van der Waals surface area contributed by atoms with Crippen molar-refractivity contribution in [2.75, 3.05) is 75.8 Å². The van der Waals surface area contributed by atoms with Gasteiger partial charge in [-0.15, -0.1) is 0 Å². The zero-order chi connectivity index (χ0) is 43.4. The molecule has 19 heteroatoms. The van der Waals surface area contributed by atoms with E-state index in [1.807, 2.05) is 24.3 Å². The number of benzene rings is 1. The van der Waals surface area contributed by atoms with Gasteiger partial charge in [-0.1, -0.05) is 17.9 Å². The van der Waals surface area contributed by atoms with Crippen LogP contribution in [0.5, 0.6) is 0 Å². The second-order valence-corrected chi connectivity index (χ2v) is 17.8. The maximum Gasteiger partial charge on any atom is 0.329 e. The molecule has 1 aromatic carbocycles. The molecular formula is C44H50F2N12O5. The van der Waals surface area contributed by atoms with Crippen molar-refractivity contribution in [3.8, 4) is 11.8 Å². The van der Waals surface area contributed by atoms with Crippen LogP contribution in [0, 0.1) is 23.2 Å². The largest absolute Gasteiger partial charge is 0.381 e. The third kappa shape index (κ3) is 7.88. The van der Waals surface area contributed by atoms with Crippen LogP contribution in [0.1, 0.15) is 85.1 Å². The van der Waals surface area contributed by atoms with Crippen molar-refractivity contribution in [2.24, 2.45) is 18.4 Å². The van der Waals surface area contributed by atoms with Crippen molar-refractivity contribution in [1.29, 1.82) is 0 Å². The predicted molar refractivity (Wildman–Crippen MR) is 228 cm³/mol. The van der Waals surface area contributed by atoms with Gasteiger partial charge in [0.1, 0.15) is 17.4 Å². The van der Waals surface area contributed by atoms with Crippen molar-refractivity contribution < 1.29 is 27.9 Å². The molecular weight excluding hydrogens is 815 g/mol. The Kier molecular flexibility index (Phi) is 10.8. The summed E-state index contributed by atoms with van der Waals surface area (Å²) >= 11 is 0. The minimum Gasteiger partial charge on any atom is -0.381 e. The molecule has 5 fully saturated rings. The predicted octanol–water partition coefficient (Wildman–Crippen LogP) is 3.37. The van der Waals surface area contributed by atoms with Crippen molar-refractivity contribution >= 4 is 45.9 Å². The van der Waals surface area contributed by atoms with E-state index < -0.39 is 30.0 Å². The minimum absolute atomic E-state index is 0.00681. The number of ether oxygens (including phenoxy) is 1. The van der Waals surface area contributed by atoms with Crippen LogP contribution in [0.15, 0.2) is 47.7 Å². The van der Waals surface area contributed by atoms with E-state index in [9.17, 15) is 28.0 Å². The summed E-state index contributed by atoms with van der Waals surface area (Å²) in [7, 11) is 1.68. The van der Waals surface area contributed by atoms with Crippen LogP contribution in [0.4, 0.5) is 20.3 Å². The number of rotatable bonds is 9. The highest BCUT2D eigenvalue weighted by Gasteiger charge is 2.46. The molecule has 4 saturated heterocycles. The second-order valence-electron chi connectivity index (χ2n) is 17.8. The smallest absolute Gasteiger partial charge is 0.329 e. The maximum atomic E-state index is 14.3. The SMILES string of the molecule is Cn1c(=O)n(C2CCC(=O)NC2=O)c2cccc(C#CCN3CCN(C[C@H]4CC[C@H](n5cc(NC(=O)c6cnn7ccc(N8CC9(CCOC9)C8)nc67)c(C(F)F)n5)CC4)CC3)c21. The molecule has 1 aliphatic carbocycles. The lowest BCUT2D eigenvalue weighted by atomic mass is 9.79. The Hall–Kier alpha value is -5.97. The Morgan fingerprint density at radius 3 is 2.59 bits per heavy atom. The Labute approximate surface area is 361 Å². The highest BCUT2D eigenvalue weighted by molar-refractivity contribution is 6.08. The molecule has 63 heavy (non-hydrogen) atoms. The molecule has 4 aromatic heterocycles. The Morgan fingerprint density at radius 1 is 1.05 bits per heavy atom. The number of imidazole rings is 1. The maximum absolute atomic E-state index is 14.3. The number of amides is 3. The zero-order valence-corrected chi connectivity index (χ0v) is 35.1. The number of carbonyl (C=O) groups is 3. The fourth-order valence-corrected chi connectivity index (χ4v) is 10.2. The van der Waals surface area contributed by atoms with E-state index in [1.54, 1.807) is 24.1 Å². The molecule has 1 saturated carbocycles. The molecule has 8 heterocycles. The lowest BCUT2D eigenvalue weighted by Gasteiger charge is -2.47. The first kappa shape index (κ1) is 41.1. The second kappa shape index (κ2) is 16.6. The Balaban J connectivity index is 0.713. The van der Waals surface area contributed by atoms with E-state index in [2.05, 4.69) is 47.4 Å². The van der Waals surface area contributed by atoms with Crippen LogP contribution in [0.25, 0.3) is 16.7 Å². The Morgan fingerprint density at radius 2 is 1.84 bits per heavy atom. The van der Waals surface area contributed by atoms with E-state index in [0.717, 1.165) is 96.9 Å². The summed E-state index contributed by atoms with van der Waals surface area (Å²) < 4.78 is 40.3. The average molecular weight is 865 g/mol. The summed E-state index contributed by atoms with van der Waals surface area (Å²) in [4.78, 5) is 62.9. The van der Waals surface area contributed by atoms with Crippen LogP contribution >= 0.6 is 0 Å². The van der Waals surface area contributed by atoms with E-state index >= 15 is 0 Å². The molecule has 1 unspecified atom stereocenters. The number of anilines is 2. The van der Waals surface area contributed by atoms with E-state index in [0.29, 0.717) is 34.7 Å². The first-order valence-corrected chi connectivity index (χ1v) is 21.9. The number of fused-ring (bicyclic) bond motifs is 2. The summed E-state index contributed by atoms with van der Waals surface area (Å²) in [5.41, 5.74) is 1.93. The van der Waals surface area contributed by atoms with Gasteiger partial charge in [0.05, 0.1) is 47.7 Å². The number of imide groups is 1. The van der Waals surface area contributed by atoms with Crippen molar-refractivity contribution in [2.45, 2.75) is 63.5 Å². The summed E-state index contributed by atoms with van der Waals surface area (Å²) in [5, 5.41) is 13.6. The summed E-state index contributed by atoms with van der Waals surface area (Å²) in [5.74, 6) is 6.43. The number of hydrogen-bond acceptors (Lipinski definition) is 11. The van der Waals surface area contributed by atoms with Gasteiger partial charge in [0.15, 0.2) is 11.3 Å². The summed E-state index contributed by atoms with van der Waals surface area (Å²) in [6.07, 6.45) is 6.82. The minimum atomic E-state index is -2.86. The van der Waals surface area contributed by atoms with Crippen molar-refractivity contribution in [3.05, 3.63) is 70.2 Å². The third-order valence-corrected chi connectivity index (χ3v) is 13.7. The molecule has 3 amide bonds. The standard InChI is InChI=1S/C44H50F2N12O5/c1-52-38-29(4-2-6-33(38)58(43(52)62)34-11-12-36(59)50-42(34)61)5-3-15-53-17-19-54(20-18-53)23-28-7-9-30(10-8-28)57-24-32(37(51-57)39(45)46)48-41(60)31-22-47-56-16-13-35(49-40(31)56)55-25-44(26-55)14-21-63-27-44/h2,4,6,13,16,22,24,28,30,34,39H,7-12,14-15,17-21,23,25-27H2,1H3,(H,48,60)(H,50,59,61)/t28-,30-,34?. The van der Waals surface area contributed by atoms with Gasteiger partial charge in [-0.25, -0.2) is 23.1 Å².